The first kappa shape index (κ1) is 24.1. The summed E-state index contributed by atoms with van der Waals surface area (Å²) in [5, 5.41) is 0. The maximum atomic E-state index is 12.9. The molecular formula is C24H33N3O4S. The van der Waals surface area contributed by atoms with Crippen LogP contribution in [0, 0.1) is 20.8 Å². The van der Waals surface area contributed by atoms with Crippen LogP contribution in [0.15, 0.2) is 41.3 Å². The van der Waals surface area contributed by atoms with Gasteiger partial charge in [0, 0.05) is 31.9 Å². The van der Waals surface area contributed by atoms with Crippen molar-refractivity contribution in [2.75, 3.05) is 37.7 Å². The Labute approximate surface area is 191 Å². The molecule has 2 aromatic carbocycles. The number of anilines is 1. The number of hydrogen-bond acceptors (Lipinski definition) is 5. The van der Waals surface area contributed by atoms with Crippen molar-refractivity contribution < 1.29 is 17.9 Å². The van der Waals surface area contributed by atoms with Crippen molar-refractivity contribution in [2.24, 2.45) is 0 Å². The summed E-state index contributed by atoms with van der Waals surface area (Å²) < 4.78 is 33.7. The Bertz CT molecular complexity index is 1080. The number of piperazine rings is 1. The standard InChI is InChI=1S/C24H33N3O4S/c1-6-31-23-11-10-21(16-18(23)3)32(29,30)25-20(5)24(28)27-14-12-26(13-15-27)22-9-7-8-17(2)19(22)4/h7-11,16,20,25H,6,12-15H2,1-5H3/t20-/m1/s1. The van der Waals surface area contributed by atoms with Gasteiger partial charge in [0.15, 0.2) is 0 Å². The van der Waals surface area contributed by atoms with E-state index in [0.717, 1.165) is 5.56 Å². The van der Waals surface area contributed by atoms with Crippen molar-refractivity contribution >= 4 is 21.6 Å². The molecule has 1 saturated heterocycles. The number of amides is 1. The van der Waals surface area contributed by atoms with E-state index in [9.17, 15) is 13.2 Å². The van der Waals surface area contributed by atoms with Gasteiger partial charge in [-0.3, -0.25) is 4.79 Å². The molecule has 1 N–H and O–H groups in total. The molecule has 2 aromatic rings. The number of ether oxygens (including phenoxy) is 1. The van der Waals surface area contributed by atoms with Crippen molar-refractivity contribution in [3.8, 4) is 5.75 Å². The van der Waals surface area contributed by atoms with Gasteiger partial charge in [-0.2, -0.15) is 4.72 Å². The third-order valence-corrected chi connectivity index (χ3v) is 7.51. The summed E-state index contributed by atoms with van der Waals surface area (Å²) >= 11 is 0. The summed E-state index contributed by atoms with van der Waals surface area (Å²) in [6, 6.07) is 10.1. The first-order valence-corrected chi connectivity index (χ1v) is 12.5. The summed E-state index contributed by atoms with van der Waals surface area (Å²) in [4.78, 5) is 17.1. The van der Waals surface area contributed by atoms with Gasteiger partial charge in [0.25, 0.3) is 0 Å². The Morgan fingerprint density at radius 2 is 1.75 bits per heavy atom. The molecule has 1 atom stereocenters. The molecule has 0 aromatic heterocycles. The molecule has 1 heterocycles. The number of rotatable bonds is 7. The molecule has 174 valence electrons. The van der Waals surface area contributed by atoms with Gasteiger partial charge in [-0.15, -0.1) is 0 Å². The van der Waals surface area contributed by atoms with Crippen LogP contribution in [0.2, 0.25) is 0 Å². The summed E-state index contributed by atoms with van der Waals surface area (Å²) in [7, 11) is -3.83. The van der Waals surface area contributed by atoms with Crippen LogP contribution in [0.25, 0.3) is 0 Å². The van der Waals surface area contributed by atoms with E-state index in [4.69, 9.17) is 4.74 Å². The zero-order chi connectivity index (χ0) is 23.5. The molecule has 1 fully saturated rings. The van der Waals surface area contributed by atoms with E-state index in [1.807, 2.05) is 6.92 Å². The second-order valence-electron chi connectivity index (χ2n) is 8.23. The SMILES string of the molecule is CCOc1ccc(S(=O)(=O)N[C@H](C)C(=O)N2CCN(c3cccc(C)c3C)CC2)cc1C. The van der Waals surface area contributed by atoms with Crippen LogP contribution in [0.1, 0.15) is 30.5 Å². The number of carbonyl (C=O) groups is 1. The van der Waals surface area contributed by atoms with E-state index in [2.05, 4.69) is 41.7 Å². The highest BCUT2D eigenvalue weighted by atomic mass is 32.2. The average Bonchev–Trinajstić information content (AvgIpc) is 2.76. The first-order valence-electron chi connectivity index (χ1n) is 11.0. The molecule has 8 heteroatoms. The lowest BCUT2D eigenvalue weighted by Gasteiger charge is -2.38. The molecule has 3 rings (SSSR count). The Hall–Kier alpha value is -2.58. The van der Waals surface area contributed by atoms with Crippen molar-refractivity contribution in [2.45, 2.75) is 45.6 Å². The lowest BCUT2D eigenvalue weighted by atomic mass is 10.1. The number of nitrogens with one attached hydrogen (secondary N) is 1. The van der Waals surface area contributed by atoms with Crippen molar-refractivity contribution in [1.29, 1.82) is 0 Å². The number of carbonyl (C=O) groups excluding carboxylic acids is 1. The molecule has 7 nitrogen and oxygen atoms in total. The van der Waals surface area contributed by atoms with Crippen LogP contribution in [0.4, 0.5) is 5.69 Å². The third-order valence-electron chi connectivity index (χ3n) is 5.97. The predicted octanol–water partition coefficient (Wildman–Crippen LogP) is 3.03. The minimum Gasteiger partial charge on any atom is -0.494 e. The van der Waals surface area contributed by atoms with E-state index in [0.29, 0.717) is 38.5 Å². The van der Waals surface area contributed by atoms with Crippen LogP contribution < -0.4 is 14.4 Å². The van der Waals surface area contributed by atoms with Crippen molar-refractivity contribution in [3.05, 3.63) is 53.1 Å². The molecule has 0 aliphatic carbocycles. The van der Waals surface area contributed by atoms with E-state index in [-0.39, 0.29) is 10.8 Å². The lowest BCUT2D eigenvalue weighted by Crippen LogP contribution is -2.54. The van der Waals surface area contributed by atoms with Crippen LogP contribution >= 0.6 is 0 Å². The fraction of sp³-hybridized carbons (Fsp3) is 0.458. The van der Waals surface area contributed by atoms with Crippen molar-refractivity contribution in [3.63, 3.8) is 0 Å². The maximum absolute atomic E-state index is 12.9. The Balaban J connectivity index is 1.62. The number of nitrogens with zero attached hydrogens (tertiary/aromatic N) is 2. The topological polar surface area (TPSA) is 78.9 Å². The Morgan fingerprint density at radius 1 is 1.06 bits per heavy atom. The minimum atomic E-state index is -3.83. The van der Waals surface area contributed by atoms with Gasteiger partial charge in [0.2, 0.25) is 15.9 Å². The molecule has 0 radical (unpaired) electrons. The fourth-order valence-corrected chi connectivity index (χ4v) is 5.26. The van der Waals surface area contributed by atoms with E-state index < -0.39 is 16.1 Å². The number of hydrogen-bond donors (Lipinski definition) is 1. The molecule has 0 spiro atoms. The zero-order valence-electron chi connectivity index (χ0n) is 19.5. The molecule has 1 aliphatic heterocycles. The van der Waals surface area contributed by atoms with Crippen LogP contribution in [0.3, 0.4) is 0 Å². The van der Waals surface area contributed by atoms with E-state index in [1.54, 1.807) is 30.9 Å². The number of aryl methyl sites for hydroxylation is 2. The first-order chi connectivity index (χ1) is 15.1. The largest absolute Gasteiger partial charge is 0.494 e. The highest BCUT2D eigenvalue weighted by molar-refractivity contribution is 7.89. The molecule has 1 amide bonds. The van der Waals surface area contributed by atoms with Gasteiger partial charge < -0.3 is 14.5 Å². The van der Waals surface area contributed by atoms with Gasteiger partial charge in [-0.25, -0.2) is 8.42 Å². The van der Waals surface area contributed by atoms with Crippen LogP contribution in [-0.2, 0) is 14.8 Å². The average molecular weight is 460 g/mol. The van der Waals surface area contributed by atoms with E-state index in [1.165, 1.54) is 22.9 Å². The van der Waals surface area contributed by atoms with Gasteiger partial charge in [-0.1, -0.05) is 12.1 Å². The Morgan fingerprint density at radius 3 is 2.38 bits per heavy atom. The van der Waals surface area contributed by atoms with Gasteiger partial charge in [0.1, 0.15) is 5.75 Å². The minimum absolute atomic E-state index is 0.123. The normalized spacial score (nSPS) is 15.5. The molecule has 32 heavy (non-hydrogen) atoms. The number of benzene rings is 2. The Kier molecular flexibility index (Phi) is 7.46. The second-order valence-corrected chi connectivity index (χ2v) is 9.95. The monoisotopic (exact) mass is 459 g/mol. The third kappa shape index (κ3) is 5.24. The zero-order valence-corrected chi connectivity index (χ0v) is 20.3. The quantitative estimate of drug-likeness (QED) is 0.689. The predicted molar refractivity (Wildman–Crippen MR) is 127 cm³/mol. The molecule has 0 saturated carbocycles. The fourth-order valence-electron chi connectivity index (χ4n) is 3.98. The maximum Gasteiger partial charge on any atom is 0.241 e. The lowest BCUT2D eigenvalue weighted by molar-refractivity contribution is -0.132. The summed E-state index contributed by atoms with van der Waals surface area (Å²) in [5.74, 6) is 0.439. The van der Waals surface area contributed by atoms with E-state index >= 15 is 0 Å². The molecule has 0 bridgehead atoms. The highest BCUT2D eigenvalue weighted by Gasteiger charge is 2.29. The van der Waals surface area contributed by atoms with Gasteiger partial charge in [0.05, 0.1) is 17.5 Å². The molecule has 1 aliphatic rings. The highest BCUT2D eigenvalue weighted by Crippen LogP contribution is 2.24. The molecule has 0 unspecified atom stereocenters. The summed E-state index contributed by atoms with van der Waals surface area (Å²) in [6.07, 6.45) is 0. The van der Waals surface area contributed by atoms with Crippen molar-refractivity contribution in [1.82, 2.24) is 9.62 Å². The smallest absolute Gasteiger partial charge is 0.241 e. The van der Waals surface area contributed by atoms with Crippen LogP contribution in [0.5, 0.6) is 5.75 Å². The second kappa shape index (κ2) is 9.92. The molecular weight excluding hydrogens is 426 g/mol. The van der Waals surface area contributed by atoms with Gasteiger partial charge in [-0.05, 0) is 75.6 Å². The van der Waals surface area contributed by atoms with Gasteiger partial charge >= 0.3 is 0 Å². The summed E-state index contributed by atoms with van der Waals surface area (Å²) in [6.45, 7) is 12.5. The number of sulfonamides is 1. The summed E-state index contributed by atoms with van der Waals surface area (Å²) in [5.41, 5.74) is 4.42. The van der Waals surface area contributed by atoms with Crippen LogP contribution in [-0.4, -0.2) is 58.1 Å².